The van der Waals surface area contributed by atoms with E-state index in [9.17, 15) is 13.6 Å². The summed E-state index contributed by atoms with van der Waals surface area (Å²) >= 11 is 11.5. The van der Waals surface area contributed by atoms with E-state index in [1.165, 1.54) is 37.3 Å². The van der Waals surface area contributed by atoms with Gasteiger partial charge in [0.25, 0.3) is 0 Å². The van der Waals surface area contributed by atoms with Crippen LogP contribution in [-0.2, 0) is 0 Å². The molecule has 2 rings (SSSR count). The van der Waals surface area contributed by atoms with E-state index in [1.54, 1.807) is 0 Å². The molecule has 0 radical (unpaired) electrons. The summed E-state index contributed by atoms with van der Waals surface area (Å²) in [6, 6.07) is 6.76. The predicted octanol–water partition coefficient (Wildman–Crippen LogP) is 4.81. The van der Waals surface area contributed by atoms with Crippen LogP contribution in [0, 0.1) is 18.6 Å². The van der Waals surface area contributed by atoms with Crippen molar-refractivity contribution in [1.29, 1.82) is 0 Å². The molecule has 98 valence electrons. The lowest BCUT2D eigenvalue weighted by Gasteiger charge is -2.06. The molecule has 1 nitrogen and oxygen atoms in total. The number of aryl methyl sites for hydroxylation is 1. The maximum absolute atomic E-state index is 13.7. The zero-order chi connectivity index (χ0) is 14.2. The average Bonchev–Trinajstić information content (AvgIpc) is 2.39. The molecule has 0 N–H and O–H groups in total. The Morgan fingerprint density at radius 2 is 1.68 bits per heavy atom. The van der Waals surface area contributed by atoms with Gasteiger partial charge in [-0.05, 0) is 36.8 Å². The van der Waals surface area contributed by atoms with Crippen molar-refractivity contribution in [2.45, 2.75) is 6.92 Å². The van der Waals surface area contributed by atoms with Crippen molar-refractivity contribution in [3.05, 3.63) is 68.7 Å². The van der Waals surface area contributed by atoms with Gasteiger partial charge in [-0.15, -0.1) is 0 Å². The van der Waals surface area contributed by atoms with E-state index in [1.807, 2.05) is 0 Å². The highest BCUT2D eigenvalue weighted by molar-refractivity contribution is 6.42. The largest absolute Gasteiger partial charge is 0.288 e. The standard InChI is InChI=1S/C14H8Cl2F2O/c1-7-2-4-9(13(18)12(7)17)14(19)8-3-5-10(15)11(16)6-8/h2-6H,1H3. The minimum Gasteiger partial charge on any atom is -0.288 e. The van der Waals surface area contributed by atoms with E-state index >= 15 is 0 Å². The van der Waals surface area contributed by atoms with Gasteiger partial charge in [0.15, 0.2) is 17.4 Å². The van der Waals surface area contributed by atoms with Gasteiger partial charge >= 0.3 is 0 Å². The van der Waals surface area contributed by atoms with Crippen LogP contribution in [0.15, 0.2) is 30.3 Å². The lowest BCUT2D eigenvalue weighted by atomic mass is 10.0. The smallest absolute Gasteiger partial charge is 0.196 e. The molecular formula is C14H8Cl2F2O. The van der Waals surface area contributed by atoms with E-state index in [-0.39, 0.29) is 26.7 Å². The quantitative estimate of drug-likeness (QED) is 0.727. The van der Waals surface area contributed by atoms with Crippen LogP contribution in [0.2, 0.25) is 10.0 Å². The Morgan fingerprint density at radius 3 is 2.32 bits per heavy atom. The van der Waals surface area contributed by atoms with Crippen LogP contribution in [0.4, 0.5) is 8.78 Å². The zero-order valence-electron chi connectivity index (χ0n) is 9.81. The van der Waals surface area contributed by atoms with Gasteiger partial charge in [-0.1, -0.05) is 29.3 Å². The molecular weight excluding hydrogens is 293 g/mol. The highest BCUT2D eigenvalue weighted by Crippen LogP contribution is 2.25. The van der Waals surface area contributed by atoms with Crippen LogP contribution >= 0.6 is 23.2 Å². The number of carbonyl (C=O) groups excluding carboxylic acids is 1. The first-order valence-electron chi connectivity index (χ1n) is 5.36. The summed E-state index contributed by atoms with van der Waals surface area (Å²) < 4.78 is 27.2. The van der Waals surface area contributed by atoms with Gasteiger partial charge in [0, 0.05) is 5.56 Å². The van der Waals surface area contributed by atoms with Gasteiger partial charge in [0.1, 0.15) is 0 Å². The molecule has 0 bridgehead atoms. The van der Waals surface area contributed by atoms with Crippen molar-refractivity contribution in [3.63, 3.8) is 0 Å². The summed E-state index contributed by atoms with van der Waals surface area (Å²) in [5, 5.41) is 0.467. The molecule has 0 spiro atoms. The summed E-state index contributed by atoms with van der Waals surface area (Å²) in [5.41, 5.74) is -0.0405. The van der Waals surface area contributed by atoms with Crippen molar-refractivity contribution in [2.75, 3.05) is 0 Å². The SMILES string of the molecule is Cc1ccc(C(=O)c2ccc(Cl)c(Cl)c2)c(F)c1F. The van der Waals surface area contributed by atoms with Gasteiger partial charge in [0.2, 0.25) is 0 Å². The second-order valence-electron chi connectivity index (χ2n) is 4.02. The third-order valence-corrected chi connectivity index (χ3v) is 3.44. The van der Waals surface area contributed by atoms with Crippen molar-refractivity contribution in [1.82, 2.24) is 0 Å². The fraction of sp³-hybridized carbons (Fsp3) is 0.0714. The van der Waals surface area contributed by atoms with Crippen LogP contribution in [0.5, 0.6) is 0 Å². The van der Waals surface area contributed by atoms with Crippen LogP contribution in [0.3, 0.4) is 0 Å². The minimum absolute atomic E-state index is 0.142. The Hall–Kier alpha value is -1.45. The van der Waals surface area contributed by atoms with E-state index in [0.717, 1.165) is 0 Å². The topological polar surface area (TPSA) is 17.1 Å². The molecule has 0 aliphatic carbocycles. The van der Waals surface area contributed by atoms with E-state index in [0.29, 0.717) is 0 Å². The molecule has 0 aliphatic heterocycles. The Morgan fingerprint density at radius 1 is 1.00 bits per heavy atom. The molecule has 2 aromatic rings. The second-order valence-corrected chi connectivity index (χ2v) is 4.83. The Labute approximate surface area is 118 Å². The zero-order valence-corrected chi connectivity index (χ0v) is 11.3. The Balaban J connectivity index is 2.50. The lowest BCUT2D eigenvalue weighted by molar-refractivity contribution is 0.103. The molecule has 5 heteroatoms. The maximum atomic E-state index is 13.7. The van der Waals surface area contributed by atoms with Crippen LogP contribution in [0.25, 0.3) is 0 Å². The molecule has 0 aliphatic rings. The second kappa shape index (κ2) is 5.27. The molecule has 2 aromatic carbocycles. The fourth-order valence-electron chi connectivity index (χ4n) is 1.61. The highest BCUT2D eigenvalue weighted by atomic mass is 35.5. The first kappa shape index (κ1) is 14.0. The molecule has 0 aromatic heterocycles. The average molecular weight is 301 g/mol. The van der Waals surface area contributed by atoms with Gasteiger partial charge in [-0.25, -0.2) is 8.78 Å². The molecule has 0 heterocycles. The number of carbonyl (C=O) groups is 1. The van der Waals surface area contributed by atoms with E-state index in [4.69, 9.17) is 23.2 Å². The van der Waals surface area contributed by atoms with E-state index < -0.39 is 17.4 Å². The number of benzene rings is 2. The minimum atomic E-state index is -1.16. The van der Waals surface area contributed by atoms with Crippen LogP contribution in [-0.4, -0.2) is 5.78 Å². The molecule has 0 atom stereocenters. The van der Waals surface area contributed by atoms with Gasteiger partial charge in [-0.3, -0.25) is 4.79 Å². The van der Waals surface area contributed by atoms with Gasteiger partial charge in [-0.2, -0.15) is 0 Å². The first-order chi connectivity index (χ1) is 8.91. The summed E-state index contributed by atoms with van der Waals surface area (Å²) in [6.07, 6.45) is 0. The third kappa shape index (κ3) is 2.62. The van der Waals surface area contributed by atoms with Crippen LogP contribution in [0.1, 0.15) is 21.5 Å². The molecule has 0 fully saturated rings. The molecule has 19 heavy (non-hydrogen) atoms. The molecule has 0 amide bonds. The number of hydrogen-bond donors (Lipinski definition) is 0. The normalized spacial score (nSPS) is 10.6. The highest BCUT2D eigenvalue weighted by Gasteiger charge is 2.19. The third-order valence-electron chi connectivity index (χ3n) is 2.70. The lowest BCUT2D eigenvalue weighted by Crippen LogP contribution is -2.07. The predicted molar refractivity (Wildman–Crippen MR) is 71.0 cm³/mol. The van der Waals surface area contributed by atoms with Gasteiger partial charge < -0.3 is 0 Å². The first-order valence-corrected chi connectivity index (χ1v) is 6.11. The van der Waals surface area contributed by atoms with E-state index in [2.05, 4.69) is 0 Å². The molecule has 0 saturated heterocycles. The fourth-order valence-corrected chi connectivity index (χ4v) is 1.91. The van der Waals surface area contributed by atoms with Gasteiger partial charge in [0.05, 0.1) is 15.6 Å². The number of rotatable bonds is 2. The summed E-state index contributed by atoms with van der Waals surface area (Å²) in [6.45, 7) is 1.42. The molecule has 0 unspecified atom stereocenters. The Kier molecular flexibility index (Phi) is 3.88. The summed E-state index contributed by atoms with van der Waals surface area (Å²) in [5.74, 6) is -2.82. The van der Waals surface area contributed by atoms with Crippen molar-refractivity contribution >= 4 is 29.0 Å². The number of halogens is 4. The monoisotopic (exact) mass is 300 g/mol. The number of ketones is 1. The van der Waals surface area contributed by atoms with Crippen LogP contribution < -0.4 is 0 Å². The van der Waals surface area contributed by atoms with Crippen molar-refractivity contribution in [2.24, 2.45) is 0 Å². The maximum Gasteiger partial charge on any atom is 0.196 e. The summed E-state index contributed by atoms with van der Waals surface area (Å²) in [7, 11) is 0. The summed E-state index contributed by atoms with van der Waals surface area (Å²) in [4.78, 5) is 12.1. The van der Waals surface area contributed by atoms with Crippen molar-refractivity contribution < 1.29 is 13.6 Å². The Bertz CT molecular complexity index is 669. The number of hydrogen-bond acceptors (Lipinski definition) is 1. The molecule has 0 saturated carbocycles. The van der Waals surface area contributed by atoms with Crippen molar-refractivity contribution in [3.8, 4) is 0 Å².